The Labute approximate surface area is 234 Å². The van der Waals surface area contributed by atoms with Crippen LogP contribution in [0, 0.1) is 6.92 Å². The average molecular weight is 567 g/mol. The van der Waals surface area contributed by atoms with Crippen molar-refractivity contribution in [3.8, 4) is 0 Å². The van der Waals surface area contributed by atoms with Gasteiger partial charge in [0.25, 0.3) is 0 Å². The second-order valence-corrected chi connectivity index (χ2v) is 11.4. The van der Waals surface area contributed by atoms with Crippen molar-refractivity contribution in [1.29, 1.82) is 0 Å². The Morgan fingerprint density at radius 2 is 1.08 bits per heavy atom. The molecule has 0 radical (unpaired) electrons. The smallest absolute Gasteiger partial charge is 0.462 e. The Morgan fingerprint density at radius 3 is 1.51 bits per heavy atom. The molecule has 39 heavy (non-hydrogen) atoms. The van der Waals surface area contributed by atoms with Crippen LogP contribution in [0.3, 0.4) is 0 Å². The number of hydrogen-bond acceptors (Lipinski definition) is 8. The van der Waals surface area contributed by atoms with Crippen LogP contribution in [0.1, 0.15) is 89.2 Å². The van der Waals surface area contributed by atoms with Crippen LogP contribution in [0.15, 0.2) is 48.6 Å². The Balaban J connectivity index is 2.33. The molecule has 0 bridgehead atoms. The summed E-state index contributed by atoms with van der Waals surface area (Å²) >= 11 is 0. The summed E-state index contributed by atoms with van der Waals surface area (Å²) in [6.07, 6.45) is 8.59. The van der Waals surface area contributed by atoms with Gasteiger partial charge in [-0.1, -0.05) is 75.9 Å². The minimum absolute atomic E-state index is 0.149. The quantitative estimate of drug-likeness (QED) is 0.0573. The molecule has 0 saturated heterocycles. The molecule has 0 aliphatic rings. The molecule has 1 aromatic carbocycles. The van der Waals surface area contributed by atoms with E-state index >= 15 is 0 Å². The van der Waals surface area contributed by atoms with Crippen LogP contribution in [0.2, 0.25) is 0 Å². The molecule has 0 aromatic heterocycles. The molecule has 0 fully saturated rings. The average Bonchev–Trinajstić information content (AvgIpc) is 2.90. The standard InChI is InChI=1S/C30H47O8P/c1-25(2)29(31)34-20-14-8-6-10-16-22-36-39(33,38-24-28-19-13-12-18-27(28)5)37-23-17-11-7-9-15-21-35-30(32)26(3)4/h12-13,18-19H,1,3,6-11,14-17,20-24H2,2,4-5H3. The molecule has 0 atom stereocenters. The summed E-state index contributed by atoms with van der Waals surface area (Å²) in [7, 11) is -3.71. The Morgan fingerprint density at radius 1 is 0.667 bits per heavy atom. The van der Waals surface area contributed by atoms with Crippen molar-refractivity contribution in [2.75, 3.05) is 26.4 Å². The van der Waals surface area contributed by atoms with E-state index in [1.54, 1.807) is 13.8 Å². The lowest BCUT2D eigenvalue weighted by Gasteiger charge is -2.19. The topological polar surface area (TPSA) is 97.4 Å². The SMILES string of the molecule is C=C(C)C(=O)OCCCCCCCOP(=O)(OCCCCCCCOC(=O)C(=C)C)OCc1ccccc1C. The van der Waals surface area contributed by atoms with Gasteiger partial charge in [-0.2, -0.15) is 0 Å². The molecule has 0 saturated carbocycles. The molecule has 9 heteroatoms. The number of esters is 2. The molecule has 1 aromatic rings. The molecule has 0 unspecified atom stereocenters. The summed E-state index contributed by atoms with van der Waals surface area (Å²) in [5.74, 6) is -0.710. The van der Waals surface area contributed by atoms with Crippen LogP contribution >= 0.6 is 7.82 Å². The molecule has 0 amide bonds. The van der Waals surface area contributed by atoms with E-state index < -0.39 is 7.82 Å². The fourth-order valence-corrected chi connectivity index (χ4v) is 4.66. The number of rotatable bonds is 23. The molecular weight excluding hydrogens is 519 g/mol. The maximum atomic E-state index is 13.3. The van der Waals surface area contributed by atoms with Crippen molar-refractivity contribution in [3.63, 3.8) is 0 Å². The highest BCUT2D eigenvalue weighted by molar-refractivity contribution is 7.48. The van der Waals surface area contributed by atoms with E-state index in [9.17, 15) is 14.2 Å². The van der Waals surface area contributed by atoms with Gasteiger partial charge in [0, 0.05) is 11.1 Å². The van der Waals surface area contributed by atoms with E-state index in [4.69, 9.17) is 23.0 Å². The number of phosphoric ester groups is 1. The van der Waals surface area contributed by atoms with Gasteiger partial charge in [-0.25, -0.2) is 14.2 Å². The van der Waals surface area contributed by atoms with Crippen molar-refractivity contribution in [3.05, 3.63) is 59.7 Å². The number of carbonyl (C=O) groups excluding carboxylic acids is 2. The minimum Gasteiger partial charge on any atom is -0.462 e. The number of aryl methyl sites for hydroxylation is 1. The number of phosphoric acid groups is 1. The molecule has 8 nitrogen and oxygen atoms in total. The van der Waals surface area contributed by atoms with Crippen molar-refractivity contribution in [1.82, 2.24) is 0 Å². The molecule has 0 heterocycles. The minimum atomic E-state index is -3.71. The Bertz CT molecular complexity index is 895. The predicted octanol–water partition coefficient (Wildman–Crippen LogP) is 7.79. The van der Waals surface area contributed by atoms with E-state index in [-0.39, 0.29) is 31.8 Å². The zero-order valence-corrected chi connectivity index (χ0v) is 24.9. The van der Waals surface area contributed by atoms with Gasteiger partial charge in [-0.3, -0.25) is 13.6 Å². The van der Waals surface area contributed by atoms with Gasteiger partial charge in [-0.15, -0.1) is 0 Å². The number of carbonyl (C=O) groups is 2. The molecular formula is C30H47O8P. The highest BCUT2D eigenvalue weighted by Gasteiger charge is 2.26. The maximum Gasteiger partial charge on any atom is 0.475 e. The van der Waals surface area contributed by atoms with Gasteiger partial charge in [0.1, 0.15) is 0 Å². The van der Waals surface area contributed by atoms with E-state index in [2.05, 4.69) is 13.2 Å². The number of hydrogen-bond donors (Lipinski definition) is 0. The molecule has 1 rings (SSSR count). The molecule has 0 spiro atoms. The van der Waals surface area contributed by atoms with Crippen molar-refractivity contribution in [2.24, 2.45) is 0 Å². The van der Waals surface area contributed by atoms with Crippen LogP contribution in [0.25, 0.3) is 0 Å². The fraction of sp³-hybridized carbons (Fsp3) is 0.600. The molecule has 220 valence electrons. The van der Waals surface area contributed by atoms with Crippen molar-refractivity contribution >= 4 is 19.8 Å². The highest BCUT2D eigenvalue weighted by Crippen LogP contribution is 2.50. The number of benzene rings is 1. The predicted molar refractivity (Wildman–Crippen MR) is 153 cm³/mol. The molecule has 0 N–H and O–H groups in total. The van der Waals surface area contributed by atoms with Gasteiger partial charge in [0.15, 0.2) is 0 Å². The third-order valence-electron chi connectivity index (χ3n) is 5.88. The number of ether oxygens (including phenoxy) is 2. The highest BCUT2D eigenvalue weighted by atomic mass is 31.2. The van der Waals surface area contributed by atoms with Gasteiger partial charge < -0.3 is 9.47 Å². The second-order valence-electron chi connectivity index (χ2n) is 9.68. The van der Waals surface area contributed by atoms with Crippen molar-refractivity contribution < 1.29 is 37.2 Å². The zero-order valence-electron chi connectivity index (χ0n) is 24.0. The Kier molecular flexibility index (Phi) is 18.4. The summed E-state index contributed by atoms with van der Waals surface area (Å²) in [6.45, 7) is 13.8. The van der Waals surface area contributed by atoms with Gasteiger partial charge >= 0.3 is 19.8 Å². The summed E-state index contributed by atoms with van der Waals surface area (Å²) in [6, 6.07) is 7.77. The monoisotopic (exact) mass is 566 g/mol. The van der Waals surface area contributed by atoms with E-state index in [0.29, 0.717) is 24.4 Å². The maximum absolute atomic E-state index is 13.3. The lowest BCUT2D eigenvalue weighted by molar-refractivity contribution is -0.139. The van der Waals surface area contributed by atoms with Crippen molar-refractivity contribution in [2.45, 2.75) is 91.6 Å². The third-order valence-corrected chi connectivity index (χ3v) is 7.32. The van der Waals surface area contributed by atoms with Crippen LogP contribution in [0.5, 0.6) is 0 Å². The first-order chi connectivity index (χ1) is 18.6. The van der Waals surface area contributed by atoms with Gasteiger partial charge in [0.05, 0.1) is 33.0 Å². The van der Waals surface area contributed by atoms with E-state index in [0.717, 1.165) is 75.3 Å². The van der Waals surface area contributed by atoms with E-state index in [1.807, 2.05) is 31.2 Å². The normalized spacial score (nSPS) is 11.3. The first kappa shape index (κ1) is 34.8. The van der Waals surface area contributed by atoms with Gasteiger partial charge in [0.2, 0.25) is 0 Å². The first-order valence-corrected chi connectivity index (χ1v) is 15.3. The van der Waals surface area contributed by atoms with Crippen LogP contribution in [0.4, 0.5) is 0 Å². The second kappa shape index (κ2) is 20.6. The summed E-state index contributed by atoms with van der Waals surface area (Å²) in [4.78, 5) is 22.7. The summed E-state index contributed by atoms with van der Waals surface area (Å²) in [5.41, 5.74) is 2.79. The fourth-order valence-electron chi connectivity index (χ4n) is 3.43. The van der Waals surface area contributed by atoms with Crippen LogP contribution in [-0.4, -0.2) is 38.4 Å². The van der Waals surface area contributed by atoms with Crippen LogP contribution < -0.4 is 0 Å². The lowest BCUT2D eigenvalue weighted by Crippen LogP contribution is -2.06. The molecule has 0 aliphatic heterocycles. The summed E-state index contributed by atoms with van der Waals surface area (Å²) < 4.78 is 40.5. The summed E-state index contributed by atoms with van der Waals surface area (Å²) in [5, 5.41) is 0. The largest absolute Gasteiger partial charge is 0.475 e. The lowest BCUT2D eigenvalue weighted by atomic mass is 10.1. The number of unbranched alkanes of at least 4 members (excludes halogenated alkanes) is 8. The van der Waals surface area contributed by atoms with Gasteiger partial charge in [-0.05, 0) is 57.6 Å². The third kappa shape index (κ3) is 17.1. The van der Waals surface area contributed by atoms with Crippen LogP contribution in [-0.2, 0) is 43.8 Å². The molecule has 0 aliphatic carbocycles. The van der Waals surface area contributed by atoms with E-state index in [1.165, 1.54) is 0 Å². The zero-order chi connectivity index (χ0) is 28.9. The Hall–Kier alpha value is -2.25. The first-order valence-electron chi connectivity index (χ1n) is 13.9.